The molecule has 0 aliphatic carbocycles. The lowest BCUT2D eigenvalue weighted by molar-refractivity contribution is -0.274. The number of ether oxygens (including phenoxy) is 2. The van der Waals surface area contributed by atoms with Gasteiger partial charge in [0, 0.05) is 6.07 Å². The summed E-state index contributed by atoms with van der Waals surface area (Å²) >= 11 is 0. The molecule has 1 heterocycles. The fraction of sp³-hybridized carbons (Fsp3) is 0.118. The van der Waals surface area contributed by atoms with Crippen molar-refractivity contribution in [2.45, 2.75) is 12.5 Å². The van der Waals surface area contributed by atoms with E-state index in [0.29, 0.717) is 0 Å². The summed E-state index contributed by atoms with van der Waals surface area (Å²) in [6.07, 6.45) is -9.52. The van der Waals surface area contributed by atoms with Crippen LogP contribution in [0.2, 0.25) is 0 Å². The van der Waals surface area contributed by atoms with E-state index in [1.807, 2.05) is 0 Å². The molecule has 0 saturated heterocycles. The van der Waals surface area contributed by atoms with E-state index in [4.69, 9.17) is 4.74 Å². The predicted octanol–water partition coefficient (Wildman–Crippen LogP) is 4.68. The maximum atomic E-state index is 12.7. The van der Waals surface area contributed by atoms with Crippen molar-refractivity contribution in [3.63, 3.8) is 0 Å². The number of carbonyl (C=O) groups is 1. The number of carboxylic acid groups (broad SMARTS) is 1. The molecule has 7 nitrogen and oxygen atoms in total. The lowest BCUT2D eigenvalue weighted by Gasteiger charge is -2.10. The normalized spacial score (nSPS) is 11.9. The molecular formula is C17H9F6N3O4. The van der Waals surface area contributed by atoms with Crippen LogP contribution in [0.15, 0.2) is 48.5 Å². The lowest BCUT2D eigenvalue weighted by atomic mass is 10.2. The van der Waals surface area contributed by atoms with Gasteiger partial charge in [-0.3, -0.25) is 0 Å². The fourth-order valence-electron chi connectivity index (χ4n) is 2.24. The van der Waals surface area contributed by atoms with Crippen molar-refractivity contribution in [3.05, 3.63) is 59.8 Å². The largest absolute Gasteiger partial charge is 0.573 e. The summed E-state index contributed by atoms with van der Waals surface area (Å²) in [5.41, 5.74) is -1.65. The van der Waals surface area contributed by atoms with Gasteiger partial charge in [-0.1, -0.05) is 6.07 Å². The van der Waals surface area contributed by atoms with E-state index in [-0.39, 0.29) is 11.4 Å². The molecule has 13 heteroatoms. The number of carboxylic acids is 1. The molecule has 0 unspecified atom stereocenters. The van der Waals surface area contributed by atoms with E-state index < -0.39 is 41.4 Å². The maximum Gasteiger partial charge on any atom is 0.573 e. The zero-order valence-corrected chi connectivity index (χ0v) is 14.4. The van der Waals surface area contributed by atoms with Crippen LogP contribution in [0.3, 0.4) is 0 Å². The van der Waals surface area contributed by atoms with E-state index >= 15 is 0 Å². The van der Waals surface area contributed by atoms with Gasteiger partial charge in [0.15, 0.2) is 0 Å². The summed E-state index contributed by atoms with van der Waals surface area (Å²) in [7, 11) is 0. The molecule has 0 saturated carbocycles. The minimum atomic E-state index is -4.95. The van der Waals surface area contributed by atoms with Crippen LogP contribution < -0.4 is 9.47 Å². The van der Waals surface area contributed by atoms with Gasteiger partial charge in [0.1, 0.15) is 11.5 Å². The minimum absolute atomic E-state index is 0.00509. The number of aromatic nitrogens is 3. The predicted molar refractivity (Wildman–Crippen MR) is 86.5 cm³/mol. The Morgan fingerprint density at radius 3 is 2.13 bits per heavy atom. The standard InChI is InChI=1S/C17H9F6N3O4/c18-16(19,20)9-4-6-10(7-5-9)26-24-13(15(27)28)14(25-26)29-11-2-1-3-12(8-11)30-17(21,22)23/h1-8H,(H,27,28). The van der Waals surface area contributed by atoms with Gasteiger partial charge < -0.3 is 14.6 Å². The van der Waals surface area contributed by atoms with E-state index in [0.717, 1.165) is 47.3 Å². The van der Waals surface area contributed by atoms with Crippen LogP contribution in [0, 0.1) is 0 Å². The molecule has 0 amide bonds. The minimum Gasteiger partial charge on any atom is -0.476 e. The molecule has 3 rings (SSSR count). The average molecular weight is 433 g/mol. The number of halogens is 6. The van der Waals surface area contributed by atoms with E-state index in [1.165, 1.54) is 6.07 Å². The summed E-state index contributed by atoms with van der Waals surface area (Å²) in [5.74, 6) is -3.02. The van der Waals surface area contributed by atoms with Crippen molar-refractivity contribution < 1.29 is 45.7 Å². The first kappa shape index (κ1) is 21.0. The molecule has 30 heavy (non-hydrogen) atoms. The van der Waals surface area contributed by atoms with Crippen molar-refractivity contribution in [1.29, 1.82) is 0 Å². The van der Waals surface area contributed by atoms with Crippen LogP contribution in [0.1, 0.15) is 16.1 Å². The van der Waals surface area contributed by atoms with Crippen LogP contribution in [0.5, 0.6) is 17.4 Å². The van der Waals surface area contributed by atoms with Gasteiger partial charge in [-0.25, -0.2) is 4.79 Å². The summed E-state index contributed by atoms with van der Waals surface area (Å²) < 4.78 is 83.9. The molecule has 0 spiro atoms. The monoisotopic (exact) mass is 433 g/mol. The van der Waals surface area contributed by atoms with Crippen molar-refractivity contribution >= 4 is 5.97 Å². The molecule has 0 fully saturated rings. The van der Waals surface area contributed by atoms with Crippen molar-refractivity contribution in [1.82, 2.24) is 15.0 Å². The first-order chi connectivity index (χ1) is 13.9. The lowest BCUT2D eigenvalue weighted by Crippen LogP contribution is -2.17. The molecule has 2 aromatic carbocycles. The molecular weight excluding hydrogens is 424 g/mol. The highest BCUT2D eigenvalue weighted by atomic mass is 19.4. The molecule has 0 radical (unpaired) electrons. The highest BCUT2D eigenvalue weighted by Gasteiger charge is 2.32. The van der Waals surface area contributed by atoms with Gasteiger partial charge in [-0.15, -0.1) is 28.2 Å². The Morgan fingerprint density at radius 2 is 1.57 bits per heavy atom. The van der Waals surface area contributed by atoms with E-state index in [2.05, 4.69) is 14.9 Å². The maximum absolute atomic E-state index is 12.7. The Morgan fingerprint density at radius 1 is 0.933 bits per heavy atom. The Labute approximate surface area is 163 Å². The quantitative estimate of drug-likeness (QED) is 0.589. The number of hydrogen-bond acceptors (Lipinski definition) is 5. The van der Waals surface area contributed by atoms with Crippen molar-refractivity contribution in [2.75, 3.05) is 0 Å². The highest BCUT2D eigenvalue weighted by Crippen LogP contribution is 2.31. The second kappa shape index (κ2) is 7.57. The molecule has 3 aromatic rings. The third-order valence-corrected chi connectivity index (χ3v) is 3.46. The first-order valence-electron chi connectivity index (χ1n) is 7.84. The highest BCUT2D eigenvalue weighted by molar-refractivity contribution is 5.87. The molecule has 0 atom stereocenters. The molecule has 1 aromatic heterocycles. The Hall–Kier alpha value is -3.77. The molecule has 158 valence electrons. The first-order valence-corrected chi connectivity index (χ1v) is 7.84. The summed E-state index contributed by atoms with van der Waals surface area (Å²) in [6.45, 7) is 0. The number of nitrogens with zero attached hydrogens (tertiary/aromatic N) is 3. The number of benzene rings is 2. The van der Waals surface area contributed by atoms with Crippen LogP contribution in [0.4, 0.5) is 26.3 Å². The van der Waals surface area contributed by atoms with E-state index in [9.17, 15) is 36.2 Å². The topological polar surface area (TPSA) is 86.5 Å². The smallest absolute Gasteiger partial charge is 0.476 e. The van der Waals surface area contributed by atoms with Crippen LogP contribution >= 0.6 is 0 Å². The van der Waals surface area contributed by atoms with Gasteiger partial charge >= 0.3 is 18.5 Å². The van der Waals surface area contributed by atoms with Gasteiger partial charge in [-0.2, -0.15) is 13.2 Å². The Kier molecular flexibility index (Phi) is 5.29. The second-order valence-corrected chi connectivity index (χ2v) is 5.62. The summed E-state index contributed by atoms with van der Waals surface area (Å²) in [4.78, 5) is 12.1. The third kappa shape index (κ3) is 4.98. The van der Waals surface area contributed by atoms with Crippen LogP contribution in [-0.2, 0) is 6.18 Å². The van der Waals surface area contributed by atoms with Gasteiger partial charge in [0.25, 0.3) is 5.88 Å². The third-order valence-electron chi connectivity index (χ3n) is 3.46. The second-order valence-electron chi connectivity index (χ2n) is 5.62. The number of aromatic carboxylic acids is 1. The average Bonchev–Trinajstić information content (AvgIpc) is 3.04. The summed E-state index contributed by atoms with van der Waals surface area (Å²) in [6, 6.07) is 7.73. The van der Waals surface area contributed by atoms with Crippen molar-refractivity contribution in [3.8, 4) is 23.1 Å². The fourth-order valence-corrected chi connectivity index (χ4v) is 2.24. The molecule has 0 aliphatic rings. The zero-order chi connectivity index (χ0) is 22.1. The molecule has 1 N–H and O–H groups in total. The Balaban J connectivity index is 1.90. The van der Waals surface area contributed by atoms with E-state index in [1.54, 1.807) is 0 Å². The van der Waals surface area contributed by atoms with Crippen LogP contribution in [-0.4, -0.2) is 32.4 Å². The number of rotatable bonds is 5. The molecule has 0 aliphatic heterocycles. The SMILES string of the molecule is O=C(O)c1nn(-c2ccc(C(F)(F)F)cc2)nc1Oc1cccc(OC(F)(F)F)c1. The van der Waals surface area contributed by atoms with Gasteiger partial charge in [0.2, 0.25) is 5.69 Å². The number of hydrogen-bond donors (Lipinski definition) is 1. The number of alkyl halides is 6. The van der Waals surface area contributed by atoms with Gasteiger partial charge in [0.05, 0.1) is 11.3 Å². The molecule has 0 bridgehead atoms. The summed E-state index contributed by atoms with van der Waals surface area (Å²) in [5, 5.41) is 16.6. The van der Waals surface area contributed by atoms with Crippen LogP contribution in [0.25, 0.3) is 5.69 Å². The zero-order valence-electron chi connectivity index (χ0n) is 14.4. The van der Waals surface area contributed by atoms with Crippen molar-refractivity contribution in [2.24, 2.45) is 0 Å². The van der Waals surface area contributed by atoms with Gasteiger partial charge in [-0.05, 0) is 36.4 Å². The Bertz CT molecular complexity index is 1060.